The Labute approximate surface area is 110 Å². The third kappa shape index (κ3) is 5.19. The topological polar surface area (TPSA) is 84.7 Å². The first kappa shape index (κ1) is 15.8. The first-order chi connectivity index (χ1) is 8.45. The SMILES string of the molecule is CC(C)OCCNS(=O)(=O)N1CCC(CN)CC1. The fraction of sp³-hybridized carbons (Fsp3) is 1.00. The molecule has 0 aromatic heterocycles. The highest BCUT2D eigenvalue weighted by molar-refractivity contribution is 7.87. The second kappa shape index (κ2) is 7.40. The van der Waals surface area contributed by atoms with Crippen molar-refractivity contribution in [2.24, 2.45) is 11.7 Å². The maximum Gasteiger partial charge on any atom is 0.279 e. The van der Waals surface area contributed by atoms with Gasteiger partial charge in [-0.2, -0.15) is 17.4 Å². The van der Waals surface area contributed by atoms with E-state index in [0.29, 0.717) is 38.7 Å². The maximum atomic E-state index is 12.0. The highest BCUT2D eigenvalue weighted by Crippen LogP contribution is 2.17. The van der Waals surface area contributed by atoms with Gasteiger partial charge in [0.2, 0.25) is 0 Å². The van der Waals surface area contributed by atoms with Crippen LogP contribution in [0.25, 0.3) is 0 Å². The summed E-state index contributed by atoms with van der Waals surface area (Å²) in [6, 6.07) is 0. The lowest BCUT2D eigenvalue weighted by Gasteiger charge is -2.30. The van der Waals surface area contributed by atoms with Gasteiger partial charge in [0.15, 0.2) is 0 Å². The quantitative estimate of drug-likeness (QED) is 0.638. The molecule has 1 saturated heterocycles. The van der Waals surface area contributed by atoms with Gasteiger partial charge in [-0.1, -0.05) is 0 Å². The molecule has 3 N–H and O–H groups in total. The Hall–Kier alpha value is -0.210. The predicted molar refractivity (Wildman–Crippen MR) is 71.4 cm³/mol. The lowest BCUT2D eigenvalue weighted by Crippen LogP contribution is -2.46. The molecule has 1 aliphatic rings. The number of nitrogens with zero attached hydrogens (tertiary/aromatic N) is 1. The summed E-state index contributed by atoms with van der Waals surface area (Å²) in [4.78, 5) is 0. The lowest BCUT2D eigenvalue weighted by molar-refractivity contribution is 0.0831. The van der Waals surface area contributed by atoms with Crippen LogP contribution >= 0.6 is 0 Å². The summed E-state index contributed by atoms with van der Waals surface area (Å²) in [5.74, 6) is 0.459. The molecule has 0 unspecified atom stereocenters. The summed E-state index contributed by atoms with van der Waals surface area (Å²) < 4.78 is 33.3. The fourth-order valence-electron chi connectivity index (χ4n) is 1.94. The molecule has 0 spiro atoms. The number of piperidine rings is 1. The van der Waals surface area contributed by atoms with Crippen LogP contribution in [0.3, 0.4) is 0 Å². The first-order valence-corrected chi connectivity index (χ1v) is 7.96. The number of hydrogen-bond donors (Lipinski definition) is 2. The van der Waals surface area contributed by atoms with E-state index >= 15 is 0 Å². The van der Waals surface area contributed by atoms with Crippen molar-refractivity contribution in [3.8, 4) is 0 Å². The van der Waals surface area contributed by atoms with Crippen molar-refractivity contribution in [3.63, 3.8) is 0 Å². The zero-order chi connectivity index (χ0) is 13.6. The summed E-state index contributed by atoms with van der Waals surface area (Å²) in [6.07, 6.45) is 1.81. The van der Waals surface area contributed by atoms with E-state index in [-0.39, 0.29) is 6.10 Å². The molecule has 1 fully saturated rings. The zero-order valence-electron chi connectivity index (χ0n) is 11.3. The van der Waals surface area contributed by atoms with Crippen LogP contribution in [0.4, 0.5) is 0 Å². The van der Waals surface area contributed by atoms with Crippen molar-refractivity contribution in [3.05, 3.63) is 0 Å². The molecule has 7 heteroatoms. The predicted octanol–water partition coefficient (Wildman–Crippen LogP) is -0.0835. The average Bonchev–Trinajstić information content (AvgIpc) is 2.34. The van der Waals surface area contributed by atoms with E-state index in [1.165, 1.54) is 4.31 Å². The van der Waals surface area contributed by atoms with Crippen molar-refractivity contribution in [1.29, 1.82) is 0 Å². The fourth-order valence-corrected chi connectivity index (χ4v) is 3.16. The van der Waals surface area contributed by atoms with Crippen LogP contribution < -0.4 is 10.5 Å². The van der Waals surface area contributed by atoms with Gasteiger partial charge < -0.3 is 10.5 Å². The van der Waals surface area contributed by atoms with Crippen LogP contribution in [0, 0.1) is 5.92 Å². The van der Waals surface area contributed by atoms with Gasteiger partial charge in [0.05, 0.1) is 12.7 Å². The molecule has 1 heterocycles. The summed E-state index contributed by atoms with van der Waals surface area (Å²) >= 11 is 0. The van der Waals surface area contributed by atoms with E-state index < -0.39 is 10.2 Å². The van der Waals surface area contributed by atoms with E-state index in [1.54, 1.807) is 0 Å². The van der Waals surface area contributed by atoms with Gasteiger partial charge in [0, 0.05) is 19.6 Å². The molecule has 18 heavy (non-hydrogen) atoms. The molecule has 0 saturated carbocycles. The Morgan fingerprint density at radius 1 is 1.39 bits per heavy atom. The number of rotatable bonds is 7. The molecule has 1 rings (SSSR count). The van der Waals surface area contributed by atoms with Gasteiger partial charge in [-0.3, -0.25) is 0 Å². The van der Waals surface area contributed by atoms with Crippen LogP contribution in [0.15, 0.2) is 0 Å². The van der Waals surface area contributed by atoms with Crippen LogP contribution in [0.1, 0.15) is 26.7 Å². The Morgan fingerprint density at radius 3 is 2.50 bits per heavy atom. The number of nitrogens with one attached hydrogen (secondary N) is 1. The van der Waals surface area contributed by atoms with Gasteiger partial charge in [-0.15, -0.1) is 0 Å². The molecular formula is C11H25N3O3S. The molecular weight excluding hydrogens is 254 g/mol. The number of nitrogens with two attached hydrogens (primary N) is 1. The normalized spacial score (nSPS) is 19.6. The van der Waals surface area contributed by atoms with Gasteiger partial charge in [0.1, 0.15) is 0 Å². The van der Waals surface area contributed by atoms with E-state index in [9.17, 15) is 8.42 Å². The highest BCUT2D eigenvalue weighted by Gasteiger charge is 2.26. The minimum Gasteiger partial charge on any atom is -0.377 e. The summed E-state index contributed by atoms with van der Waals surface area (Å²) in [5.41, 5.74) is 5.58. The molecule has 0 aromatic carbocycles. The van der Waals surface area contributed by atoms with Crippen LogP contribution in [0.5, 0.6) is 0 Å². The van der Waals surface area contributed by atoms with E-state index in [1.807, 2.05) is 13.8 Å². The van der Waals surface area contributed by atoms with E-state index in [4.69, 9.17) is 10.5 Å². The number of ether oxygens (including phenoxy) is 1. The summed E-state index contributed by atoms with van der Waals surface area (Å²) in [7, 11) is -3.35. The van der Waals surface area contributed by atoms with Crippen molar-refractivity contribution < 1.29 is 13.2 Å². The molecule has 0 amide bonds. The van der Waals surface area contributed by atoms with Gasteiger partial charge >= 0.3 is 0 Å². The highest BCUT2D eigenvalue weighted by atomic mass is 32.2. The molecule has 0 atom stereocenters. The average molecular weight is 279 g/mol. The molecule has 0 aliphatic carbocycles. The third-order valence-electron chi connectivity index (χ3n) is 3.08. The standard InChI is InChI=1S/C11H25N3O3S/c1-10(2)17-8-5-13-18(15,16)14-6-3-11(9-12)4-7-14/h10-11,13H,3-9,12H2,1-2H3. The van der Waals surface area contributed by atoms with Crippen molar-refractivity contribution in [2.75, 3.05) is 32.8 Å². The molecule has 0 radical (unpaired) electrons. The van der Waals surface area contributed by atoms with Gasteiger partial charge in [0.25, 0.3) is 10.2 Å². The van der Waals surface area contributed by atoms with Crippen LogP contribution in [-0.4, -0.2) is 51.6 Å². The van der Waals surface area contributed by atoms with Crippen molar-refractivity contribution >= 4 is 10.2 Å². The zero-order valence-corrected chi connectivity index (χ0v) is 12.1. The number of hydrogen-bond acceptors (Lipinski definition) is 4. The van der Waals surface area contributed by atoms with E-state index in [2.05, 4.69) is 4.72 Å². The summed E-state index contributed by atoms with van der Waals surface area (Å²) in [5, 5.41) is 0. The lowest BCUT2D eigenvalue weighted by atomic mass is 9.99. The molecule has 1 aliphatic heterocycles. The van der Waals surface area contributed by atoms with Gasteiger partial charge in [-0.05, 0) is 39.2 Å². The van der Waals surface area contributed by atoms with Gasteiger partial charge in [-0.25, -0.2) is 0 Å². The minimum absolute atomic E-state index is 0.120. The minimum atomic E-state index is -3.35. The Morgan fingerprint density at radius 2 is 2.00 bits per heavy atom. The maximum absolute atomic E-state index is 12.0. The second-order valence-corrected chi connectivity index (χ2v) is 6.65. The van der Waals surface area contributed by atoms with Crippen LogP contribution in [-0.2, 0) is 14.9 Å². The largest absolute Gasteiger partial charge is 0.377 e. The Kier molecular flexibility index (Phi) is 6.51. The first-order valence-electron chi connectivity index (χ1n) is 6.52. The Bertz CT molecular complexity index is 324. The molecule has 0 bridgehead atoms. The monoisotopic (exact) mass is 279 g/mol. The van der Waals surface area contributed by atoms with Crippen LogP contribution in [0.2, 0.25) is 0 Å². The Balaban J connectivity index is 2.31. The molecule has 0 aromatic rings. The van der Waals surface area contributed by atoms with Crippen molar-refractivity contribution in [2.45, 2.75) is 32.8 Å². The second-order valence-electron chi connectivity index (χ2n) is 4.90. The third-order valence-corrected chi connectivity index (χ3v) is 4.70. The van der Waals surface area contributed by atoms with E-state index in [0.717, 1.165) is 12.8 Å². The molecule has 6 nitrogen and oxygen atoms in total. The molecule has 108 valence electrons. The summed E-state index contributed by atoms with van der Waals surface area (Å²) in [6.45, 7) is 6.32. The van der Waals surface area contributed by atoms with Crippen molar-refractivity contribution in [1.82, 2.24) is 9.03 Å². The smallest absolute Gasteiger partial charge is 0.279 e.